The van der Waals surface area contributed by atoms with E-state index in [-0.39, 0.29) is 0 Å². The number of benzene rings is 11. The maximum atomic E-state index is 2.52. The lowest BCUT2D eigenvalue weighted by atomic mass is 9.86. The van der Waals surface area contributed by atoms with Crippen molar-refractivity contribution in [3.8, 4) is 78.1 Å². The minimum absolute atomic E-state index is 1.12. The van der Waals surface area contributed by atoms with Crippen LogP contribution in [0.1, 0.15) is 0 Å². The quantitative estimate of drug-likeness (QED) is 0.144. The van der Waals surface area contributed by atoms with E-state index in [1.807, 2.05) is 0 Å². The van der Waals surface area contributed by atoms with E-state index < -0.39 is 0 Å². The van der Waals surface area contributed by atoms with Crippen molar-refractivity contribution in [3.63, 3.8) is 0 Å². The van der Waals surface area contributed by atoms with Gasteiger partial charge in [-0.1, -0.05) is 224 Å². The summed E-state index contributed by atoms with van der Waals surface area (Å²) in [5.41, 5.74) is 21.2. The summed E-state index contributed by atoms with van der Waals surface area (Å²) in [6.07, 6.45) is 0. The van der Waals surface area contributed by atoms with Gasteiger partial charge < -0.3 is 9.13 Å². The highest BCUT2D eigenvalue weighted by Crippen LogP contribution is 2.48. The van der Waals surface area contributed by atoms with Crippen LogP contribution in [0.5, 0.6) is 0 Å². The first kappa shape index (κ1) is 39.4. The molecule has 0 saturated heterocycles. The van der Waals surface area contributed by atoms with Crippen LogP contribution in [-0.4, -0.2) is 9.13 Å². The smallest absolute Gasteiger partial charge is 0.0548 e. The van der Waals surface area contributed by atoms with Crippen molar-refractivity contribution in [2.24, 2.45) is 0 Å². The molecule has 2 nitrogen and oxygen atoms in total. The van der Waals surface area contributed by atoms with Gasteiger partial charge in [0.15, 0.2) is 0 Å². The molecule has 0 bridgehead atoms. The molecule has 0 saturated carbocycles. The summed E-state index contributed by atoms with van der Waals surface area (Å²) in [5, 5.41) is 4.91. The highest BCUT2D eigenvalue weighted by Gasteiger charge is 2.25. The molecule has 68 heavy (non-hydrogen) atoms. The van der Waals surface area contributed by atoms with E-state index in [0.29, 0.717) is 0 Å². The van der Waals surface area contributed by atoms with Gasteiger partial charge in [0.05, 0.1) is 33.4 Å². The van der Waals surface area contributed by atoms with Crippen LogP contribution in [0.25, 0.3) is 122 Å². The van der Waals surface area contributed by atoms with Crippen LogP contribution in [0, 0.1) is 0 Å². The van der Waals surface area contributed by atoms with Gasteiger partial charge in [0.25, 0.3) is 0 Å². The van der Waals surface area contributed by atoms with Crippen molar-refractivity contribution in [3.05, 3.63) is 267 Å². The monoisotopic (exact) mass is 864 g/mol. The van der Waals surface area contributed by atoms with Crippen molar-refractivity contribution in [2.75, 3.05) is 0 Å². The molecule has 11 aromatic carbocycles. The second kappa shape index (κ2) is 16.5. The van der Waals surface area contributed by atoms with E-state index in [2.05, 4.69) is 276 Å². The minimum atomic E-state index is 1.12. The average molecular weight is 865 g/mol. The molecular formula is C66H44N2. The zero-order chi connectivity index (χ0) is 45.0. The highest BCUT2D eigenvalue weighted by molar-refractivity contribution is 6.20. The fraction of sp³-hybridized carbons (Fsp3) is 0. The van der Waals surface area contributed by atoms with Crippen molar-refractivity contribution in [2.45, 2.75) is 0 Å². The molecule has 0 fully saturated rings. The Morgan fingerprint density at radius 1 is 0.206 bits per heavy atom. The molecule has 318 valence electrons. The Kier molecular flexibility index (Phi) is 9.54. The largest absolute Gasteiger partial charge is 0.309 e. The molecule has 0 atom stereocenters. The third kappa shape index (κ3) is 6.41. The first-order chi connectivity index (χ1) is 33.8. The summed E-state index contributed by atoms with van der Waals surface area (Å²) in [6, 6.07) is 97.6. The molecule has 2 heteroatoms. The van der Waals surface area contributed by atoms with Gasteiger partial charge in [-0.2, -0.15) is 0 Å². The highest BCUT2D eigenvalue weighted by atomic mass is 15.0. The molecule has 2 aromatic heterocycles. The lowest BCUT2D eigenvalue weighted by Gasteiger charge is -2.19. The zero-order valence-corrected chi connectivity index (χ0v) is 37.3. The van der Waals surface area contributed by atoms with Crippen LogP contribution in [0.4, 0.5) is 0 Å². The molecule has 13 aromatic rings. The molecule has 0 spiro atoms. The third-order valence-electron chi connectivity index (χ3n) is 13.8. The van der Waals surface area contributed by atoms with E-state index in [0.717, 1.165) is 33.5 Å². The van der Waals surface area contributed by atoms with Crippen LogP contribution in [0.3, 0.4) is 0 Å². The van der Waals surface area contributed by atoms with E-state index in [9.17, 15) is 0 Å². The normalized spacial score (nSPS) is 11.5. The first-order valence-corrected chi connectivity index (χ1v) is 23.4. The SMILES string of the molecule is c1ccc(-c2ccccc2-c2ccc3c(c2)c2c(-c4ccccc4)c(-c4ccccc4-c4ccccc4)ccc2n3-c2ccccc2-c2ccccc2-n2c3ccccc3c3ccccc32)cc1. The molecule has 0 unspecified atom stereocenters. The molecule has 13 rings (SSSR count). The number of nitrogens with zero attached hydrogens (tertiary/aromatic N) is 2. The molecule has 2 heterocycles. The molecule has 0 N–H and O–H groups in total. The Hall–Kier alpha value is -8.98. The minimum Gasteiger partial charge on any atom is -0.309 e. The number of fused-ring (bicyclic) bond motifs is 6. The number of hydrogen-bond donors (Lipinski definition) is 0. The van der Waals surface area contributed by atoms with Crippen LogP contribution < -0.4 is 0 Å². The van der Waals surface area contributed by atoms with Crippen LogP contribution in [0.2, 0.25) is 0 Å². The number of para-hydroxylation sites is 4. The van der Waals surface area contributed by atoms with Crippen molar-refractivity contribution in [1.29, 1.82) is 0 Å². The Morgan fingerprint density at radius 2 is 0.588 bits per heavy atom. The van der Waals surface area contributed by atoms with Gasteiger partial charge in [0, 0.05) is 32.7 Å². The van der Waals surface area contributed by atoms with E-state index in [1.165, 1.54) is 88.2 Å². The lowest BCUT2D eigenvalue weighted by Crippen LogP contribution is -2.01. The van der Waals surface area contributed by atoms with Crippen LogP contribution in [0.15, 0.2) is 267 Å². The van der Waals surface area contributed by atoms with Gasteiger partial charge in [-0.05, 0) is 98.1 Å². The van der Waals surface area contributed by atoms with Gasteiger partial charge >= 0.3 is 0 Å². The summed E-state index contributed by atoms with van der Waals surface area (Å²) in [6.45, 7) is 0. The Morgan fingerprint density at radius 3 is 1.15 bits per heavy atom. The Labute approximate surface area is 395 Å². The van der Waals surface area contributed by atoms with Crippen molar-refractivity contribution < 1.29 is 0 Å². The molecule has 0 amide bonds. The Bertz CT molecular complexity index is 3950. The zero-order valence-electron chi connectivity index (χ0n) is 37.3. The standard InChI is InChI=1S/C66H44N2/c1-4-22-45(23-5-1)49-28-10-11-30-51(49)48-40-42-63-58(44-48)66-64(43-41-57(65(66)47-26-8-3-9-27-47)52-31-13-12-29-50(52)46-24-6-2-7-25-46)68(63)62-39-21-17-35-56(62)55-34-16-20-38-61(55)67-59-36-18-14-32-53(59)54-33-15-19-37-60(54)67/h1-44H. The van der Waals surface area contributed by atoms with Gasteiger partial charge in [0.1, 0.15) is 0 Å². The second-order valence-electron chi connectivity index (χ2n) is 17.5. The average Bonchev–Trinajstić information content (AvgIpc) is 3.94. The van der Waals surface area contributed by atoms with Gasteiger partial charge in [-0.15, -0.1) is 0 Å². The maximum Gasteiger partial charge on any atom is 0.0548 e. The van der Waals surface area contributed by atoms with Crippen molar-refractivity contribution in [1.82, 2.24) is 9.13 Å². The van der Waals surface area contributed by atoms with Gasteiger partial charge in [-0.25, -0.2) is 0 Å². The number of aromatic nitrogens is 2. The topological polar surface area (TPSA) is 9.86 Å². The van der Waals surface area contributed by atoms with Crippen LogP contribution in [-0.2, 0) is 0 Å². The number of hydrogen-bond acceptors (Lipinski definition) is 0. The van der Waals surface area contributed by atoms with E-state index in [4.69, 9.17) is 0 Å². The fourth-order valence-electron chi connectivity index (χ4n) is 10.8. The van der Waals surface area contributed by atoms with E-state index in [1.54, 1.807) is 0 Å². The molecule has 0 aliphatic rings. The van der Waals surface area contributed by atoms with Crippen molar-refractivity contribution >= 4 is 43.6 Å². The number of rotatable bonds is 8. The summed E-state index contributed by atoms with van der Waals surface area (Å²) in [7, 11) is 0. The summed E-state index contributed by atoms with van der Waals surface area (Å²) in [5.74, 6) is 0. The maximum absolute atomic E-state index is 2.52. The van der Waals surface area contributed by atoms with E-state index >= 15 is 0 Å². The lowest BCUT2D eigenvalue weighted by molar-refractivity contribution is 1.16. The summed E-state index contributed by atoms with van der Waals surface area (Å²) in [4.78, 5) is 0. The van der Waals surface area contributed by atoms with Gasteiger partial charge in [0.2, 0.25) is 0 Å². The summed E-state index contributed by atoms with van der Waals surface area (Å²) < 4.78 is 4.97. The molecule has 0 radical (unpaired) electrons. The second-order valence-corrected chi connectivity index (χ2v) is 17.5. The predicted octanol–water partition coefficient (Wildman–Crippen LogP) is 17.9. The summed E-state index contributed by atoms with van der Waals surface area (Å²) >= 11 is 0. The van der Waals surface area contributed by atoms with Crippen LogP contribution >= 0.6 is 0 Å². The molecule has 0 aliphatic heterocycles. The third-order valence-corrected chi connectivity index (χ3v) is 13.8. The first-order valence-electron chi connectivity index (χ1n) is 23.4. The predicted molar refractivity (Wildman–Crippen MR) is 288 cm³/mol. The molecule has 0 aliphatic carbocycles. The molecular weight excluding hydrogens is 821 g/mol. The fourth-order valence-corrected chi connectivity index (χ4v) is 10.8. The Balaban J connectivity index is 1.13. The van der Waals surface area contributed by atoms with Gasteiger partial charge in [-0.3, -0.25) is 0 Å².